The molecule has 0 N–H and O–H groups in total. The van der Waals surface area contributed by atoms with Crippen LogP contribution in [0.3, 0.4) is 0 Å². The molecule has 2 rings (SSSR count). The third kappa shape index (κ3) is 2.99. The summed E-state index contributed by atoms with van der Waals surface area (Å²) in [6.07, 6.45) is 2.75. The van der Waals surface area contributed by atoms with E-state index < -0.39 is 21.3 Å². The van der Waals surface area contributed by atoms with Gasteiger partial charge in [-0.1, -0.05) is 36.4 Å². The molecule has 0 atom stereocenters. The molecule has 1 heterocycles. The number of alkyl halides is 3. The van der Waals surface area contributed by atoms with Crippen LogP contribution in [0.2, 0.25) is 0 Å². The van der Waals surface area contributed by atoms with Gasteiger partial charge in [0.25, 0.3) is 0 Å². The number of rotatable bonds is 3. The standard InChI is InChI=1S/C13H10F3NO3S/c14-13(15,16)21(19,20)17-8-4-7-11(9-17)12(18)10-5-2-1-3-6-10/h1-6,8-9H,7H2. The van der Waals surface area contributed by atoms with Crippen molar-refractivity contribution >= 4 is 15.8 Å². The molecule has 21 heavy (non-hydrogen) atoms. The summed E-state index contributed by atoms with van der Waals surface area (Å²) in [4.78, 5) is 12.1. The second kappa shape index (κ2) is 5.36. The summed E-state index contributed by atoms with van der Waals surface area (Å²) in [6, 6.07) is 7.91. The van der Waals surface area contributed by atoms with Crippen LogP contribution >= 0.6 is 0 Å². The van der Waals surface area contributed by atoms with Gasteiger partial charge in [-0.15, -0.1) is 0 Å². The maximum atomic E-state index is 12.5. The summed E-state index contributed by atoms with van der Waals surface area (Å²) < 4.78 is 60.1. The van der Waals surface area contributed by atoms with Gasteiger partial charge in [0.15, 0.2) is 5.78 Å². The quantitative estimate of drug-likeness (QED) is 0.806. The lowest BCUT2D eigenvalue weighted by Gasteiger charge is -2.22. The Morgan fingerprint density at radius 2 is 1.76 bits per heavy atom. The first-order valence-electron chi connectivity index (χ1n) is 5.80. The van der Waals surface area contributed by atoms with Gasteiger partial charge >= 0.3 is 15.5 Å². The maximum Gasteiger partial charge on any atom is 0.517 e. The summed E-state index contributed by atoms with van der Waals surface area (Å²) in [7, 11) is -5.53. The molecule has 0 saturated carbocycles. The molecule has 1 aliphatic heterocycles. The number of hydrogen-bond acceptors (Lipinski definition) is 3. The highest BCUT2D eigenvalue weighted by molar-refractivity contribution is 7.90. The highest BCUT2D eigenvalue weighted by atomic mass is 32.2. The van der Waals surface area contributed by atoms with Crippen molar-refractivity contribution in [2.24, 2.45) is 0 Å². The predicted molar refractivity (Wildman–Crippen MR) is 69.4 cm³/mol. The van der Waals surface area contributed by atoms with Gasteiger partial charge in [0.1, 0.15) is 0 Å². The Kier molecular flexibility index (Phi) is 3.91. The minimum Gasteiger partial charge on any atom is -0.289 e. The van der Waals surface area contributed by atoms with E-state index in [2.05, 4.69) is 0 Å². The monoisotopic (exact) mass is 317 g/mol. The molecule has 0 radical (unpaired) electrons. The summed E-state index contributed by atoms with van der Waals surface area (Å²) in [5.41, 5.74) is -5.17. The molecule has 8 heteroatoms. The van der Waals surface area contributed by atoms with Crippen LogP contribution < -0.4 is 0 Å². The van der Waals surface area contributed by atoms with Crippen LogP contribution in [0.5, 0.6) is 0 Å². The van der Waals surface area contributed by atoms with Crippen LogP contribution in [0.4, 0.5) is 13.2 Å². The third-order valence-corrected chi connectivity index (χ3v) is 4.14. The number of sulfonamides is 1. The summed E-state index contributed by atoms with van der Waals surface area (Å²) in [5.74, 6) is -0.512. The van der Waals surface area contributed by atoms with Gasteiger partial charge in [-0.3, -0.25) is 4.79 Å². The minimum atomic E-state index is -5.53. The van der Waals surface area contributed by atoms with Gasteiger partial charge in [0, 0.05) is 23.5 Å². The molecule has 0 amide bonds. The predicted octanol–water partition coefficient (Wildman–Crippen LogP) is 2.82. The van der Waals surface area contributed by atoms with E-state index >= 15 is 0 Å². The summed E-state index contributed by atoms with van der Waals surface area (Å²) in [5, 5.41) is 0. The number of nitrogens with zero attached hydrogens (tertiary/aromatic N) is 1. The maximum absolute atomic E-state index is 12.5. The van der Waals surface area contributed by atoms with Gasteiger partial charge < -0.3 is 0 Å². The molecule has 1 aromatic carbocycles. The van der Waals surface area contributed by atoms with Crippen molar-refractivity contribution in [2.45, 2.75) is 11.9 Å². The molecule has 4 nitrogen and oxygen atoms in total. The fourth-order valence-corrected chi connectivity index (χ4v) is 2.48. The zero-order valence-electron chi connectivity index (χ0n) is 10.5. The van der Waals surface area contributed by atoms with E-state index in [4.69, 9.17) is 0 Å². The number of halogens is 3. The Morgan fingerprint density at radius 3 is 2.33 bits per heavy atom. The van der Waals surface area contributed by atoms with Crippen molar-refractivity contribution in [2.75, 3.05) is 0 Å². The normalized spacial score (nSPS) is 15.8. The number of hydrogen-bond donors (Lipinski definition) is 0. The number of allylic oxidation sites excluding steroid dienone is 2. The smallest absolute Gasteiger partial charge is 0.289 e. The van der Waals surface area contributed by atoms with Gasteiger partial charge in [0.2, 0.25) is 0 Å². The fourth-order valence-electron chi connectivity index (χ4n) is 1.73. The molecule has 0 aromatic heterocycles. The van der Waals surface area contributed by atoms with Crippen LogP contribution in [0.1, 0.15) is 16.8 Å². The molecule has 0 spiro atoms. The van der Waals surface area contributed by atoms with E-state index in [1.807, 2.05) is 0 Å². The van der Waals surface area contributed by atoms with Gasteiger partial charge in [-0.25, -0.2) is 4.31 Å². The lowest BCUT2D eigenvalue weighted by atomic mass is 10.0. The number of benzene rings is 1. The molecule has 0 aliphatic carbocycles. The third-order valence-electron chi connectivity index (χ3n) is 2.77. The molecular formula is C13H10F3NO3S. The summed E-state index contributed by atoms with van der Waals surface area (Å²) >= 11 is 0. The van der Waals surface area contributed by atoms with E-state index in [1.165, 1.54) is 18.2 Å². The number of carbonyl (C=O) groups is 1. The number of carbonyl (C=O) groups excluding carboxylic acids is 1. The number of Topliss-reactive ketones (excluding diaryl/α,β-unsaturated/α-hetero) is 1. The van der Waals surface area contributed by atoms with Crippen molar-refractivity contribution in [3.05, 3.63) is 59.9 Å². The van der Waals surface area contributed by atoms with Crippen molar-refractivity contribution in [3.63, 3.8) is 0 Å². The molecule has 112 valence electrons. The van der Waals surface area contributed by atoms with Gasteiger partial charge in [-0.2, -0.15) is 21.6 Å². The van der Waals surface area contributed by atoms with Crippen molar-refractivity contribution < 1.29 is 26.4 Å². The Balaban J connectivity index is 2.34. The Hall–Kier alpha value is -2.09. The average Bonchev–Trinajstić information content (AvgIpc) is 2.46. The second-order valence-corrected chi connectivity index (χ2v) is 6.05. The molecule has 0 bridgehead atoms. The topological polar surface area (TPSA) is 54.5 Å². The van der Waals surface area contributed by atoms with Crippen LogP contribution in [0.15, 0.2) is 54.4 Å². The first-order chi connectivity index (χ1) is 9.73. The van der Waals surface area contributed by atoms with Crippen molar-refractivity contribution in [1.82, 2.24) is 4.31 Å². The zero-order chi connectivity index (χ0) is 15.7. The van der Waals surface area contributed by atoms with E-state index in [0.717, 1.165) is 6.20 Å². The highest BCUT2D eigenvalue weighted by Gasteiger charge is 2.49. The average molecular weight is 317 g/mol. The fraction of sp³-hybridized carbons (Fsp3) is 0.154. The molecule has 1 aliphatic rings. The molecule has 0 unspecified atom stereocenters. The SMILES string of the molecule is O=C(C1=CN(S(=O)(=O)C(F)(F)F)C=CC1)c1ccccc1. The molecule has 0 saturated heterocycles. The lowest BCUT2D eigenvalue weighted by molar-refractivity contribution is -0.0468. The van der Waals surface area contributed by atoms with Crippen molar-refractivity contribution in [3.8, 4) is 0 Å². The van der Waals surface area contributed by atoms with E-state index in [9.17, 15) is 26.4 Å². The van der Waals surface area contributed by atoms with Crippen LogP contribution in [0, 0.1) is 0 Å². The van der Waals surface area contributed by atoms with Crippen LogP contribution in [0.25, 0.3) is 0 Å². The molecule has 0 fully saturated rings. The second-order valence-electron chi connectivity index (χ2n) is 4.22. The van der Waals surface area contributed by atoms with E-state index in [-0.39, 0.29) is 21.9 Å². The highest BCUT2D eigenvalue weighted by Crippen LogP contribution is 2.30. The van der Waals surface area contributed by atoms with Crippen LogP contribution in [-0.4, -0.2) is 24.0 Å². The van der Waals surface area contributed by atoms with Gasteiger partial charge in [-0.05, 0) is 6.42 Å². The van der Waals surface area contributed by atoms with Crippen molar-refractivity contribution in [1.29, 1.82) is 0 Å². The largest absolute Gasteiger partial charge is 0.517 e. The molecule has 1 aromatic rings. The lowest BCUT2D eigenvalue weighted by Crippen LogP contribution is -2.35. The zero-order valence-corrected chi connectivity index (χ0v) is 11.4. The van der Waals surface area contributed by atoms with Gasteiger partial charge in [0.05, 0.1) is 0 Å². The first-order valence-corrected chi connectivity index (χ1v) is 7.24. The van der Waals surface area contributed by atoms with Crippen LogP contribution in [-0.2, 0) is 10.0 Å². The molecular weight excluding hydrogens is 307 g/mol. The summed E-state index contributed by atoms with van der Waals surface area (Å²) in [6.45, 7) is 0. The Labute approximate surface area is 119 Å². The number of ketones is 1. The van der Waals surface area contributed by atoms with E-state index in [1.54, 1.807) is 18.2 Å². The Bertz CT molecular complexity index is 706. The Morgan fingerprint density at radius 1 is 1.14 bits per heavy atom. The minimum absolute atomic E-state index is 0.0205. The first kappa shape index (κ1) is 15.3. The van der Waals surface area contributed by atoms with E-state index in [0.29, 0.717) is 6.20 Å².